The van der Waals surface area contributed by atoms with Gasteiger partial charge in [0.05, 0.1) is 0 Å². The molecule has 2 nitrogen and oxygen atoms in total. The van der Waals surface area contributed by atoms with Crippen LogP contribution in [0.5, 0.6) is 0 Å². The number of unbranched alkanes of at least 4 members (excludes halogenated alkanes) is 1. The molecule has 0 saturated heterocycles. The van der Waals surface area contributed by atoms with Crippen LogP contribution >= 0.6 is 11.6 Å². The van der Waals surface area contributed by atoms with Gasteiger partial charge in [0.1, 0.15) is 0 Å². The van der Waals surface area contributed by atoms with Gasteiger partial charge in [-0.25, -0.2) is 0 Å². The molecular formula is C19H14ClF16NO. The van der Waals surface area contributed by atoms with E-state index in [1.165, 1.54) is 0 Å². The lowest BCUT2D eigenvalue weighted by Crippen LogP contribution is -2.75. The van der Waals surface area contributed by atoms with E-state index in [9.17, 15) is 75.0 Å². The molecule has 0 radical (unpaired) electrons. The van der Waals surface area contributed by atoms with Gasteiger partial charge in [-0.15, -0.1) is 0 Å². The second-order valence-electron chi connectivity index (χ2n) is 7.77. The SMILES string of the molecule is CCCCc1ccc(NC(=O)C(F)(F)C(F)(F)C(F)(F)C(F)(F)C(F)(F)C(F)(F)C(F)(F)C(F)(F)Cl)cc1. The Bertz CT molecular complexity index is 987. The van der Waals surface area contributed by atoms with Gasteiger partial charge < -0.3 is 5.32 Å². The molecule has 19 heteroatoms. The van der Waals surface area contributed by atoms with Crippen LogP contribution in [-0.2, 0) is 11.2 Å². The maximum Gasteiger partial charge on any atom is 0.393 e. The summed E-state index contributed by atoms with van der Waals surface area (Å²) in [4.78, 5) is 11.6. The van der Waals surface area contributed by atoms with E-state index in [-0.39, 0.29) is 0 Å². The molecule has 0 bridgehead atoms. The van der Waals surface area contributed by atoms with Crippen molar-refractivity contribution in [3.05, 3.63) is 29.8 Å². The Labute approximate surface area is 207 Å². The van der Waals surface area contributed by atoms with Crippen molar-refractivity contribution in [1.29, 1.82) is 0 Å². The van der Waals surface area contributed by atoms with Gasteiger partial charge in [0, 0.05) is 5.69 Å². The van der Waals surface area contributed by atoms with Crippen LogP contribution < -0.4 is 5.32 Å². The maximum absolute atomic E-state index is 14.0. The molecule has 0 aromatic heterocycles. The Kier molecular flexibility index (Phi) is 9.02. The van der Waals surface area contributed by atoms with Crippen LogP contribution in [0.15, 0.2) is 24.3 Å². The minimum Gasteiger partial charge on any atom is -0.321 e. The summed E-state index contributed by atoms with van der Waals surface area (Å²) in [6, 6.07) is 3.76. The summed E-state index contributed by atoms with van der Waals surface area (Å²) in [5.41, 5.74) is -0.336. The van der Waals surface area contributed by atoms with Crippen LogP contribution in [0.1, 0.15) is 25.3 Å². The molecule has 0 spiro atoms. The zero-order chi connectivity index (χ0) is 30.4. The molecule has 0 aliphatic rings. The second-order valence-corrected chi connectivity index (χ2v) is 8.25. The van der Waals surface area contributed by atoms with Gasteiger partial charge in [-0.3, -0.25) is 4.79 Å². The van der Waals surface area contributed by atoms with Crippen molar-refractivity contribution in [1.82, 2.24) is 0 Å². The first-order valence-corrected chi connectivity index (χ1v) is 10.2. The van der Waals surface area contributed by atoms with Gasteiger partial charge in [0.15, 0.2) is 0 Å². The quantitative estimate of drug-likeness (QED) is 0.187. The predicted molar refractivity (Wildman–Crippen MR) is 99.1 cm³/mol. The zero-order valence-electron chi connectivity index (χ0n) is 18.3. The highest BCUT2D eigenvalue weighted by molar-refractivity contribution is 6.22. The summed E-state index contributed by atoms with van der Waals surface area (Å²) in [7, 11) is 0. The molecule has 1 amide bonds. The molecule has 220 valence electrons. The summed E-state index contributed by atoms with van der Waals surface area (Å²) in [6.45, 7) is 1.78. The van der Waals surface area contributed by atoms with E-state index in [4.69, 9.17) is 0 Å². The molecular weight excluding hydrogens is 598 g/mol. The van der Waals surface area contributed by atoms with Crippen molar-refractivity contribution < 1.29 is 75.0 Å². The van der Waals surface area contributed by atoms with Crippen LogP contribution in [0.4, 0.5) is 75.9 Å². The molecule has 0 heterocycles. The molecule has 0 aliphatic heterocycles. The Morgan fingerprint density at radius 1 is 0.658 bits per heavy atom. The highest BCUT2D eigenvalue weighted by Gasteiger charge is 2.95. The zero-order valence-corrected chi connectivity index (χ0v) is 19.0. The first-order valence-electron chi connectivity index (χ1n) is 9.80. The normalized spacial score (nSPS) is 15.0. The lowest BCUT2D eigenvalue weighted by molar-refractivity contribution is -0.445. The number of carbonyl (C=O) groups excluding carboxylic acids is 1. The van der Waals surface area contributed by atoms with Crippen LogP contribution in [0.3, 0.4) is 0 Å². The third-order valence-electron chi connectivity index (χ3n) is 5.04. The maximum atomic E-state index is 14.0. The van der Waals surface area contributed by atoms with Crippen LogP contribution in [-0.4, -0.2) is 52.7 Å². The van der Waals surface area contributed by atoms with E-state index in [1.54, 1.807) is 6.92 Å². The molecule has 0 atom stereocenters. The Balaban J connectivity index is 3.45. The van der Waals surface area contributed by atoms with Gasteiger partial charge in [-0.05, 0) is 42.1 Å². The van der Waals surface area contributed by atoms with Crippen molar-refractivity contribution in [2.75, 3.05) is 5.32 Å². The Hall–Kier alpha value is -2.14. The molecule has 38 heavy (non-hydrogen) atoms. The fourth-order valence-electron chi connectivity index (χ4n) is 2.65. The van der Waals surface area contributed by atoms with Crippen LogP contribution in [0.25, 0.3) is 0 Å². The van der Waals surface area contributed by atoms with E-state index in [0.717, 1.165) is 29.6 Å². The summed E-state index contributed by atoms with van der Waals surface area (Å²) in [5, 5.41) is -5.97. The predicted octanol–water partition coefficient (Wildman–Crippen LogP) is 8.25. The molecule has 1 aromatic rings. The van der Waals surface area contributed by atoms with Crippen molar-refractivity contribution in [3.63, 3.8) is 0 Å². The number of nitrogens with one attached hydrogen (secondary N) is 1. The van der Waals surface area contributed by atoms with E-state index in [2.05, 4.69) is 11.6 Å². The third-order valence-corrected chi connectivity index (χ3v) is 5.28. The number of aryl methyl sites for hydroxylation is 1. The number of anilines is 1. The molecule has 1 rings (SSSR count). The summed E-state index contributed by atoms with van der Waals surface area (Å²) in [6.07, 6.45) is 1.70. The van der Waals surface area contributed by atoms with Crippen LogP contribution in [0, 0.1) is 0 Å². The van der Waals surface area contributed by atoms with Gasteiger partial charge >= 0.3 is 52.7 Å². The van der Waals surface area contributed by atoms with E-state index in [0.29, 0.717) is 24.8 Å². The average molecular weight is 612 g/mol. The number of hydrogen-bond acceptors (Lipinski definition) is 1. The summed E-state index contributed by atoms with van der Waals surface area (Å²) in [5.74, 6) is -60.5. The molecule has 0 aliphatic carbocycles. The highest BCUT2D eigenvalue weighted by Crippen LogP contribution is 2.64. The number of benzene rings is 1. The molecule has 0 fully saturated rings. The number of alkyl halides is 17. The van der Waals surface area contributed by atoms with Crippen molar-refractivity contribution in [3.8, 4) is 0 Å². The standard InChI is InChI=1S/C19H14ClF16NO/c1-2-3-4-9-5-7-10(8-6-9)37-11(38)12(21,22)13(23,24)14(25,26)15(27,28)16(29,30)17(31,32)18(33,34)19(20,35)36/h5-8H,2-4H2,1H3,(H,37,38). The van der Waals surface area contributed by atoms with E-state index < -0.39 is 58.4 Å². The lowest BCUT2D eigenvalue weighted by atomic mass is 9.89. The van der Waals surface area contributed by atoms with E-state index >= 15 is 0 Å². The molecule has 1 aromatic carbocycles. The Morgan fingerprint density at radius 3 is 1.39 bits per heavy atom. The number of hydrogen-bond donors (Lipinski definition) is 1. The van der Waals surface area contributed by atoms with Gasteiger partial charge in [-0.1, -0.05) is 25.5 Å². The first-order chi connectivity index (χ1) is 16.7. The van der Waals surface area contributed by atoms with Gasteiger partial charge in [0.25, 0.3) is 0 Å². The Morgan fingerprint density at radius 2 is 1.03 bits per heavy atom. The first kappa shape index (κ1) is 33.9. The fourth-order valence-corrected chi connectivity index (χ4v) is 2.77. The minimum absolute atomic E-state index is 0.397. The lowest BCUT2D eigenvalue weighted by Gasteiger charge is -2.42. The molecule has 1 N–H and O–H groups in total. The average Bonchev–Trinajstić information content (AvgIpc) is 2.76. The van der Waals surface area contributed by atoms with Crippen molar-refractivity contribution in [2.24, 2.45) is 0 Å². The smallest absolute Gasteiger partial charge is 0.321 e. The van der Waals surface area contributed by atoms with Crippen molar-refractivity contribution >= 4 is 23.2 Å². The topological polar surface area (TPSA) is 29.1 Å². The third kappa shape index (κ3) is 5.08. The number of rotatable bonds is 12. The monoisotopic (exact) mass is 611 g/mol. The highest BCUT2D eigenvalue weighted by atomic mass is 35.5. The largest absolute Gasteiger partial charge is 0.393 e. The summed E-state index contributed by atoms with van der Waals surface area (Å²) >= 11 is 3.45. The second kappa shape index (κ2) is 10.1. The molecule has 0 unspecified atom stereocenters. The van der Waals surface area contributed by atoms with E-state index in [1.807, 2.05) is 0 Å². The number of halogens is 17. The fraction of sp³-hybridized carbons (Fsp3) is 0.632. The van der Waals surface area contributed by atoms with Crippen LogP contribution in [0.2, 0.25) is 0 Å². The molecule has 0 saturated carbocycles. The van der Waals surface area contributed by atoms with Crippen molar-refractivity contribution in [2.45, 2.75) is 73.0 Å². The summed E-state index contributed by atoms with van der Waals surface area (Å²) < 4.78 is 216. The minimum atomic E-state index is -8.62. The number of carbonyl (C=O) groups is 1. The van der Waals surface area contributed by atoms with Gasteiger partial charge in [0.2, 0.25) is 0 Å². The number of amides is 1. The van der Waals surface area contributed by atoms with Gasteiger partial charge in [-0.2, -0.15) is 70.2 Å².